The highest BCUT2D eigenvalue weighted by Crippen LogP contribution is 2.23. The average molecular weight is 642 g/mol. The SMILES string of the molecule is C#C.C#C.C#C.C#C.C1CCCCC1.CCCc1[nH+]c(Cl)ccc1[C@H]1CC[NH2+]C1.Fc1cccc(F)c1.O=CN1CCCCC1. The number of pyridine rings is 1. The van der Waals surface area contributed by atoms with Crippen molar-refractivity contribution in [2.24, 2.45) is 0 Å². The molecule has 1 saturated carbocycles. The minimum Gasteiger partial charge on any atom is -0.346 e. The molecule has 3 heterocycles. The lowest BCUT2D eigenvalue weighted by atomic mass is 9.95. The second-order valence-electron chi connectivity index (χ2n) is 10.1. The van der Waals surface area contributed by atoms with Crippen molar-refractivity contribution in [3.63, 3.8) is 0 Å². The van der Waals surface area contributed by atoms with Crippen molar-refractivity contribution in [3.05, 3.63) is 64.4 Å². The van der Waals surface area contributed by atoms with Crippen molar-refractivity contribution >= 4 is 18.0 Å². The van der Waals surface area contributed by atoms with Crippen molar-refractivity contribution < 1.29 is 23.9 Å². The quantitative estimate of drug-likeness (QED) is 0.216. The molecule has 5 rings (SSSR count). The van der Waals surface area contributed by atoms with Gasteiger partial charge in [-0.2, -0.15) is 4.98 Å². The van der Waals surface area contributed by atoms with E-state index in [1.165, 1.54) is 113 Å². The first-order chi connectivity index (χ1) is 22.0. The molecule has 0 unspecified atom stereocenters. The number of nitrogens with zero attached hydrogens (tertiary/aromatic N) is 1. The van der Waals surface area contributed by atoms with Crippen molar-refractivity contribution in [3.8, 4) is 51.4 Å². The zero-order valence-electron chi connectivity index (χ0n) is 27.1. The lowest BCUT2D eigenvalue weighted by molar-refractivity contribution is -0.636. The van der Waals surface area contributed by atoms with Crippen molar-refractivity contribution in [1.82, 2.24) is 4.90 Å². The van der Waals surface area contributed by atoms with Crippen LogP contribution in [0.3, 0.4) is 0 Å². The van der Waals surface area contributed by atoms with Gasteiger partial charge >= 0.3 is 0 Å². The summed E-state index contributed by atoms with van der Waals surface area (Å²) in [5.41, 5.74) is 2.82. The van der Waals surface area contributed by atoms with Crippen LogP contribution in [0.5, 0.6) is 0 Å². The number of carbonyl (C=O) groups is 1. The predicted octanol–water partition coefficient (Wildman–Crippen LogP) is 7.09. The van der Waals surface area contributed by atoms with E-state index >= 15 is 0 Å². The average Bonchev–Trinajstić information content (AvgIpc) is 3.66. The molecule has 45 heavy (non-hydrogen) atoms. The van der Waals surface area contributed by atoms with Crippen LogP contribution in [0.1, 0.15) is 94.7 Å². The molecule has 3 N–H and O–H groups in total. The molecular weight excluding hydrogens is 588 g/mol. The molecule has 1 aromatic carbocycles. The first-order valence-corrected chi connectivity index (χ1v) is 15.9. The number of aromatic nitrogens is 1. The molecule has 1 aliphatic carbocycles. The summed E-state index contributed by atoms with van der Waals surface area (Å²) in [6, 6.07) is 8.73. The Morgan fingerprint density at radius 3 is 1.69 bits per heavy atom. The number of hydrogen-bond acceptors (Lipinski definition) is 1. The molecule has 0 radical (unpaired) electrons. The molecule has 4 nitrogen and oxygen atoms in total. The first kappa shape index (κ1) is 45.6. The summed E-state index contributed by atoms with van der Waals surface area (Å²) < 4.78 is 23.9. The van der Waals surface area contributed by atoms with Gasteiger partial charge in [0.2, 0.25) is 6.41 Å². The summed E-state index contributed by atoms with van der Waals surface area (Å²) in [5.74, 6) is -0.352. The number of piperidine rings is 1. The zero-order chi connectivity index (χ0) is 34.7. The third kappa shape index (κ3) is 24.2. The number of likely N-dealkylation sites (tertiary alicyclic amines) is 1. The molecule has 0 spiro atoms. The summed E-state index contributed by atoms with van der Waals surface area (Å²) in [7, 11) is 0. The minimum absolute atomic E-state index is 0.537. The van der Waals surface area contributed by atoms with E-state index in [2.05, 4.69) is 74.7 Å². The van der Waals surface area contributed by atoms with Crippen molar-refractivity contribution in [2.45, 2.75) is 89.9 Å². The number of aryl methyl sites for hydroxylation is 1. The maximum absolute atomic E-state index is 11.9. The molecule has 1 atom stereocenters. The highest BCUT2D eigenvalue weighted by atomic mass is 35.5. The topological polar surface area (TPSA) is 51.1 Å². The van der Waals surface area contributed by atoms with E-state index in [9.17, 15) is 13.6 Å². The van der Waals surface area contributed by atoms with Gasteiger partial charge in [-0.25, -0.2) is 8.78 Å². The second kappa shape index (κ2) is 34.7. The third-order valence-electron chi connectivity index (χ3n) is 6.96. The maximum atomic E-state index is 11.9. The fourth-order valence-electron chi connectivity index (χ4n) is 4.94. The monoisotopic (exact) mass is 641 g/mol. The van der Waals surface area contributed by atoms with Gasteiger partial charge in [0.1, 0.15) is 11.6 Å². The summed E-state index contributed by atoms with van der Waals surface area (Å²) in [5, 5.41) is 3.15. The Hall–Kier alpha value is -3.81. The highest BCUT2D eigenvalue weighted by Gasteiger charge is 2.25. The van der Waals surface area contributed by atoms with E-state index in [0.29, 0.717) is 0 Å². The largest absolute Gasteiger partial charge is 0.346 e. The van der Waals surface area contributed by atoms with E-state index in [0.717, 1.165) is 43.1 Å². The van der Waals surface area contributed by atoms with E-state index in [4.69, 9.17) is 11.6 Å². The number of nitrogens with two attached hydrogens (primary N) is 1. The Balaban J connectivity index is -0.000000509. The van der Waals surface area contributed by atoms with Gasteiger partial charge in [0.25, 0.3) is 5.15 Å². The number of quaternary nitrogens is 1. The molecule has 2 saturated heterocycles. The summed E-state index contributed by atoms with van der Waals surface area (Å²) >= 11 is 6.00. The molecule has 7 heteroatoms. The van der Waals surface area contributed by atoms with E-state index in [-0.39, 0.29) is 0 Å². The predicted molar refractivity (Wildman–Crippen MR) is 186 cm³/mol. The van der Waals surface area contributed by atoms with Gasteiger partial charge in [-0.15, -0.1) is 51.4 Å². The van der Waals surface area contributed by atoms with E-state index < -0.39 is 11.6 Å². The summed E-state index contributed by atoms with van der Waals surface area (Å²) in [6.07, 6.45) is 49.2. The van der Waals surface area contributed by atoms with Gasteiger partial charge in [0.15, 0.2) is 5.69 Å². The number of halogens is 3. The van der Waals surface area contributed by atoms with E-state index in [1.54, 1.807) is 0 Å². The van der Waals surface area contributed by atoms with Gasteiger partial charge in [-0.3, -0.25) is 4.79 Å². The number of rotatable bonds is 4. The molecule has 246 valence electrons. The minimum atomic E-state index is -0.537. The van der Waals surface area contributed by atoms with Gasteiger partial charge in [0.05, 0.1) is 13.1 Å². The smallest absolute Gasteiger partial charge is 0.273 e. The molecule has 0 bridgehead atoms. The first-order valence-electron chi connectivity index (χ1n) is 15.5. The standard InChI is InChI=1S/C12H17ClN2.C6H4F2.C6H11NO.C6H12.4C2H2/c1-2-3-11-10(4-5-12(13)15-11)9-6-7-14-8-9;7-5-2-1-3-6(8)4-5;8-6-7-4-2-1-3-5-7;1-2-4-6-5-3-1;4*1-2/h4-5,9,14H,2-3,6-8H2,1H3;1-4H;6H,1-5H2;1-6H2;4*1-2H/p+2/t9-;;;;;;;/m0......./s1. The number of amides is 1. The summed E-state index contributed by atoms with van der Waals surface area (Å²) in [6.45, 7) is 6.65. The maximum Gasteiger partial charge on any atom is 0.273 e. The van der Waals surface area contributed by atoms with Crippen LogP contribution in [0, 0.1) is 63.0 Å². The summed E-state index contributed by atoms with van der Waals surface area (Å²) in [4.78, 5) is 15.2. The number of carbonyl (C=O) groups excluding carboxylic acids is 1. The Bertz CT molecular complexity index is 999. The Kier molecular flexibility index (Phi) is 35.2. The number of nitrogens with one attached hydrogen (secondary N) is 1. The Morgan fingerprint density at radius 2 is 1.33 bits per heavy atom. The van der Waals surface area contributed by atoms with Crippen LogP contribution >= 0.6 is 11.6 Å². The van der Waals surface area contributed by atoms with Crippen LogP contribution in [0.2, 0.25) is 5.15 Å². The highest BCUT2D eigenvalue weighted by molar-refractivity contribution is 6.28. The number of benzene rings is 1. The molecule has 2 aliphatic heterocycles. The normalized spacial score (nSPS) is 15.6. The van der Waals surface area contributed by atoms with Crippen LogP contribution < -0.4 is 10.3 Å². The molecular formula is C38H54ClF2N3O+2. The Labute approximate surface area is 278 Å². The Morgan fingerprint density at radius 1 is 0.844 bits per heavy atom. The van der Waals surface area contributed by atoms with Gasteiger partial charge in [-0.05, 0) is 55.5 Å². The van der Waals surface area contributed by atoms with Crippen molar-refractivity contribution in [2.75, 3.05) is 26.2 Å². The molecule has 3 fully saturated rings. The van der Waals surface area contributed by atoms with Gasteiger partial charge < -0.3 is 10.2 Å². The van der Waals surface area contributed by atoms with Crippen LogP contribution in [0.15, 0.2) is 36.4 Å². The number of terminal acetylenes is 4. The molecule has 3 aliphatic rings. The fourth-order valence-corrected chi connectivity index (χ4v) is 5.12. The number of hydrogen-bond donors (Lipinski definition) is 1. The number of H-pyrrole nitrogens is 1. The van der Waals surface area contributed by atoms with Crippen LogP contribution in [-0.2, 0) is 11.2 Å². The third-order valence-corrected chi connectivity index (χ3v) is 7.19. The van der Waals surface area contributed by atoms with Crippen molar-refractivity contribution in [1.29, 1.82) is 0 Å². The molecule has 1 aromatic heterocycles. The van der Waals surface area contributed by atoms with Gasteiger partial charge in [0, 0.05) is 49.5 Å². The number of aromatic amines is 1. The lowest BCUT2D eigenvalue weighted by Crippen LogP contribution is -2.81. The molecule has 2 aromatic rings. The fraction of sp³-hybridized carbons (Fsp3) is 0.474. The molecule has 1 amide bonds. The second-order valence-corrected chi connectivity index (χ2v) is 10.5. The lowest BCUT2D eigenvalue weighted by Gasteiger charge is -2.21. The van der Waals surface area contributed by atoms with Crippen LogP contribution in [-0.4, -0.2) is 37.5 Å². The van der Waals surface area contributed by atoms with Crippen LogP contribution in [0.25, 0.3) is 0 Å². The van der Waals surface area contributed by atoms with Gasteiger partial charge in [-0.1, -0.05) is 51.5 Å². The van der Waals surface area contributed by atoms with Crippen LogP contribution in [0.4, 0.5) is 8.78 Å². The van der Waals surface area contributed by atoms with E-state index in [1.807, 2.05) is 11.0 Å². The zero-order valence-corrected chi connectivity index (χ0v) is 27.9.